The van der Waals surface area contributed by atoms with E-state index in [-0.39, 0.29) is 7.43 Å². The molecule has 47 heavy (non-hydrogen) atoms. The zero-order valence-corrected chi connectivity index (χ0v) is 39.2. The van der Waals surface area contributed by atoms with Crippen molar-refractivity contribution in [2.45, 2.75) is 223 Å². The number of aliphatic hydroxyl groups excluding tert-OH is 1. The predicted octanol–water partition coefficient (Wildman–Crippen LogP) is 14.3. The Morgan fingerprint density at radius 3 is 1.11 bits per heavy atom. The summed E-state index contributed by atoms with van der Waals surface area (Å²) < 4.78 is 29.7. The Morgan fingerprint density at radius 2 is 0.830 bits per heavy atom. The van der Waals surface area contributed by atoms with Crippen LogP contribution in [0.25, 0.3) is 0 Å². The molecule has 0 amide bonds. The van der Waals surface area contributed by atoms with Gasteiger partial charge in [-0.05, 0) is 12.3 Å². The Balaban J connectivity index is -0.000000377. The molecule has 1 N–H and O–H groups in total. The van der Waals surface area contributed by atoms with Crippen molar-refractivity contribution < 1.29 is 14.3 Å². The standard InChI is InChI=1S/C8H18O.2C8H17O.4C4H9.CH4.O.2Sn/c3*1-3-5-6-8(4-2)7-9;4*1-3-4-2;;;;/h8-9H,3-7H2,1-2H3;2*8H,3-7H2,1-2H3;4*1,3-4H2,2H3;1H4;;;/q;2*-1;;;;;;;;+2. The normalized spacial score (nSPS) is 13.0. The van der Waals surface area contributed by atoms with Crippen LogP contribution in [0.1, 0.15) is 205 Å². The van der Waals surface area contributed by atoms with Crippen LogP contribution in [-0.4, -0.2) is 63.9 Å². The Hall–Kier alpha value is 1.28. The molecule has 0 aromatic heterocycles. The van der Waals surface area contributed by atoms with Crippen LogP contribution in [-0.2, 0) is 9.23 Å². The van der Waals surface area contributed by atoms with E-state index >= 15 is 0 Å². The molecule has 0 spiro atoms. The summed E-state index contributed by atoms with van der Waals surface area (Å²) in [6.45, 7) is 24.8. The molecule has 0 aliphatic rings. The van der Waals surface area contributed by atoms with Crippen molar-refractivity contribution in [1.82, 2.24) is 0 Å². The maximum absolute atomic E-state index is 11.2. The number of aliphatic hydroxyl groups is 1. The van der Waals surface area contributed by atoms with Crippen LogP contribution in [0.4, 0.5) is 0 Å². The second-order valence-electron chi connectivity index (χ2n) is 13.9. The fourth-order valence-corrected chi connectivity index (χ4v) is 21.2. The van der Waals surface area contributed by atoms with E-state index in [2.05, 4.69) is 69.2 Å². The molecule has 3 atom stereocenters. The summed E-state index contributed by atoms with van der Waals surface area (Å²) in [5.41, 5.74) is 0. The van der Waals surface area contributed by atoms with Crippen LogP contribution in [0.2, 0.25) is 17.7 Å². The summed E-state index contributed by atoms with van der Waals surface area (Å²) >= 11 is -4.95. The SMILES string of the molecule is C.CCCCC(CC)CO.CCCCC(CC)C[O][Sn]([CH2]CCC)([CH2]CCC)[O]CC(CC)CCCC.CCC[CH2][Sn](=[O])[CH2]CCC. The zero-order chi connectivity index (χ0) is 35.3. The molecule has 4 nitrogen and oxygen atoms in total. The summed E-state index contributed by atoms with van der Waals surface area (Å²) in [5, 5.41) is 8.75. The van der Waals surface area contributed by atoms with Gasteiger partial charge in [-0.3, -0.25) is 0 Å². The van der Waals surface area contributed by atoms with Crippen LogP contribution in [0, 0.1) is 17.8 Å². The second kappa shape index (κ2) is 43.4. The summed E-state index contributed by atoms with van der Waals surface area (Å²) in [5.74, 6) is 2.02. The van der Waals surface area contributed by atoms with Gasteiger partial charge >= 0.3 is 249 Å². The van der Waals surface area contributed by atoms with Gasteiger partial charge in [-0.1, -0.05) is 40.5 Å². The van der Waals surface area contributed by atoms with Crippen molar-refractivity contribution in [3.05, 3.63) is 0 Å². The number of unbranched alkanes of at least 4 members (excludes halogenated alkanes) is 7. The number of hydrogen-bond acceptors (Lipinski definition) is 4. The third kappa shape index (κ3) is 36.9. The first-order valence-electron chi connectivity index (χ1n) is 20.7. The van der Waals surface area contributed by atoms with E-state index in [9.17, 15) is 3.08 Å². The van der Waals surface area contributed by atoms with Gasteiger partial charge in [-0.2, -0.15) is 0 Å². The molecule has 0 aromatic rings. The third-order valence-corrected chi connectivity index (χ3v) is 25.0. The van der Waals surface area contributed by atoms with Gasteiger partial charge in [0.15, 0.2) is 0 Å². The first-order chi connectivity index (χ1) is 22.3. The molecular formula is C41H92O4Sn2. The minimum absolute atomic E-state index is 0. The fraction of sp³-hybridized carbons (Fsp3) is 1.00. The quantitative estimate of drug-likeness (QED) is 0.0705. The van der Waals surface area contributed by atoms with Crippen molar-refractivity contribution in [2.24, 2.45) is 17.8 Å². The molecule has 0 bridgehead atoms. The Bertz CT molecular complexity index is 546. The molecule has 0 heterocycles. The molecule has 0 aromatic carbocycles. The van der Waals surface area contributed by atoms with Gasteiger partial charge in [0, 0.05) is 6.61 Å². The average Bonchev–Trinajstić information content (AvgIpc) is 3.08. The van der Waals surface area contributed by atoms with Gasteiger partial charge in [-0.25, -0.2) is 0 Å². The van der Waals surface area contributed by atoms with Crippen molar-refractivity contribution in [3.63, 3.8) is 0 Å². The monoisotopic (exact) mass is 889 g/mol. The fourth-order valence-electron chi connectivity index (χ4n) is 5.47. The summed E-state index contributed by atoms with van der Waals surface area (Å²) in [7, 11) is 0. The summed E-state index contributed by atoms with van der Waals surface area (Å²) in [4.78, 5) is 0. The van der Waals surface area contributed by atoms with Crippen LogP contribution in [0.3, 0.4) is 0 Å². The molecule has 0 fully saturated rings. The molecule has 6 heteroatoms. The molecule has 288 valence electrons. The van der Waals surface area contributed by atoms with Crippen LogP contribution in [0.15, 0.2) is 0 Å². The summed E-state index contributed by atoms with van der Waals surface area (Å²) in [6, 6.07) is 0. The predicted molar refractivity (Wildman–Crippen MR) is 217 cm³/mol. The van der Waals surface area contributed by atoms with Crippen LogP contribution >= 0.6 is 0 Å². The van der Waals surface area contributed by atoms with E-state index in [0.717, 1.165) is 40.3 Å². The first kappa shape index (κ1) is 55.0. The van der Waals surface area contributed by atoms with Crippen molar-refractivity contribution >= 4 is 39.0 Å². The van der Waals surface area contributed by atoms with Gasteiger partial charge in [0.1, 0.15) is 0 Å². The van der Waals surface area contributed by atoms with Gasteiger partial charge in [-0.15, -0.1) is 0 Å². The number of rotatable bonds is 31. The molecule has 0 aliphatic carbocycles. The minimum atomic E-state index is -2.96. The molecular weight excluding hydrogens is 794 g/mol. The van der Waals surface area contributed by atoms with E-state index in [0.29, 0.717) is 12.5 Å². The number of hydrogen-bond donors (Lipinski definition) is 1. The molecule has 0 saturated carbocycles. The van der Waals surface area contributed by atoms with E-state index in [1.54, 1.807) is 0 Å². The third-order valence-electron chi connectivity index (χ3n) is 9.49. The van der Waals surface area contributed by atoms with E-state index in [4.69, 9.17) is 11.3 Å². The molecule has 0 radical (unpaired) electrons. The summed E-state index contributed by atoms with van der Waals surface area (Å²) in [6.07, 6.45) is 25.1. The Labute approximate surface area is 311 Å². The molecule has 0 aliphatic heterocycles. The van der Waals surface area contributed by atoms with Crippen molar-refractivity contribution in [1.29, 1.82) is 0 Å². The second-order valence-corrected chi connectivity index (χ2v) is 29.5. The Morgan fingerprint density at radius 1 is 0.511 bits per heavy atom. The first-order valence-corrected chi connectivity index (χ1v) is 32.2. The van der Waals surface area contributed by atoms with Crippen LogP contribution in [0.5, 0.6) is 0 Å². The maximum atomic E-state index is 11.2. The van der Waals surface area contributed by atoms with E-state index < -0.39 is 39.0 Å². The zero-order valence-electron chi connectivity index (χ0n) is 33.5. The van der Waals surface area contributed by atoms with Gasteiger partial charge in [0.05, 0.1) is 0 Å². The molecule has 0 saturated heterocycles. The van der Waals surface area contributed by atoms with Gasteiger partial charge in [0.25, 0.3) is 0 Å². The van der Waals surface area contributed by atoms with Crippen molar-refractivity contribution in [2.75, 3.05) is 19.8 Å². The van der Waals surface area contributed by atoms with E-state index in [1.807, 2.05) is 0 Å². The molecule has 3 unspecified atom stereocenters. The van der Waals surface area contributed by atoms with Gasteiger partial charge < -0.3 is 5.11 Å². The van der Waals surface area contributed by atoms with Gasteiger partial charge in [0.2, 0.25) is 0 Å². The van der Waals surface area contributed by atoms with E-state index in [1.165, 1.54) is 131 Å². The average molecular weight is 887 g/mol. The van der Waals surface area contributed by atoms with Crippen LogP contribution < -0.4 is 0 Å². The van der Waals surface area contributed by atoms with Crippen molar-refractivity contribution in [3.8, 4) is 0 Å². The molecule has 0 rings (SSSR count). The Kier molecular flexibility index (Phi) is 50.9. The topological polar surface area (TPSA) is 55.8 Å².